The van der Waals surface area contributed by atoms with E-state index in [1.54, 1.807) is 0 Å². The Morgan fingerprint density at radius 3 is 2.78 bits per heavy atom. The van der Waals surface area contributed by atoms with Gasteiger partial charge in [0.05, 0.1) is 4.88 Å². The van der Waals surface area contributed by atoms with Gasteiger partial charge in [0.25, 0.3) is 11.8 Å². The second-order valence-corrected chi connectivity index (χ2v) is 10.1. The van der Waals surface area contributed by atoms with Crippen LogP contribution in [0.15, 0.2) is 22.0 Å². The summed E-state index contributed by atoms with van der Waals surface area (Å²) in [5.74, 6) is 0.0266. The fraction of sp³-hybridized carbons (Fsp3) is 0.591. The Hall–Kier alpha value is -2.75. The van der Waals surface area contributed by atoms with Crippen LogP contribution in [0.5, 0.6) is 0 Å². The lowest BCUT2D eigenvalue weighted by atomic mass is 9.65. The molecule has 3 heterocycles. The monoisotopic (exact) mass is 460 g/mol. The molecule has 9 nitrogen and oxygen atoms in total. The molecule has 4 rings (SSSR count). The van der Waals surface area contributed by atoms with Crippen molar-refractivity contribution in [3.05, 3.63) is 23.4 Å². The van der Waals surface area contributed by atoms with Crippen LogP contribution in [0, 0.1) is 11.3 Å². The van der Waals surface area contributed by atoms with Gasteiger partial charge in [0.2, 0.25) is 5.82 Å². The Bertz CT molecular complexity index is 992. The predicted molar refractivity (Wildman–Crippen MR) is 116 cm³/mol. The molecule has 32 heavy (non-hydrogen) atoms. The number of aromatic nitrogens is 2. The van der Waals surface area contributed by atoms with Crippen LogP contribution in [0.4, 0.5) is 4.79 Å². The molecule has 0 radical (unpaired) electrons. The summed E-state index contributed by atoms with van der Waals surface area (Å²) in [5.41, 5.74) is -0.700. The summed E-state index contributed by atoms with van der Waals surface area (Å²) in [4.78, 5) is 43.8. The van der Waals surface area contributed by atoms with Crippen molar-refractivity contribution in [1.29, 1.82) is 0 Å². The smallest absolute Gasteiger partial charge is 0.326 e. The van der Waals surface area contributed by atoms with Crippen LogP contribution < -0.4 is 5.32 Å². The molecule has 1 aliphatic heterocycles. The van der Waals surface area contributed by atoms with Crippen LogP contribution in [0.1, 0.15) is 58.8 Å². The normalized spacial score (nSPS) is 23.6. The van der Waals surface area contributed by atoms with E-state index in [-0.39, 0.29) is 23.8 Å². The summed E-state index contributed by atoms with van der Waals surface area (Å²) in [6.45, 7) is 6.01. The van der Waals surface area contributed by atoms with Gasteiger partial charge in [0, 0.05) is 0 Å². The third kappa shape index (κ3) is 4.28. The number of hydrogen-bond donors (Lipinski definition) is 1. The van der Waals surface area contributed by atoms with Gasteiger partial charge in [-0.15, -0.1) is 11.3 Å². The maximum atomic E-state index is 13.1. The molecule has 0 aromatic carbocycles. The van der Waals surface area contributed by atoms with Crippen LogP contribution in [0.2, 0.25) is 0 Å². The molecule has 3 amide bonds. The molecule has 2 aliphatic rings. The van der Waals surface area contributed by atoms with Crippen molar-refractivity contribution in [1.82, 2.24) is 20.4 Å². The summed E-state index contributed by atoms with van der Waals surface area (Å²) in [6.07, 6.45) is 3.98. The van der Waals surface area contributed by atoms with Gasteiger partial charge in [-0.25, -0.2) is 4.79 Å². The van der Waals surface area contributed by atoms with Gasteiger partial charge in [-0.3, -0.25) is 14.5 Å². The van der Waals surface area contributed by atoms with Crippen LogP contribution in [-0.4, -0.2) is 45.0 Å². The van der Waals surface area contributed by atoms with E-state index in [1.165, 1.54) is 11.3 Å². The maximum Gasteiger partial charge on any atom is 0.326 e. The first kappa shape index (κ1) is 22.4. The lowest BCUT2D eigenvalue weighted by Gasteiger charge is -2.42. The Labute approximate surface area is 190 Å². The van der Waals surface area contributed by atoms with Crippen LogP contribution in [0.25, 0.3) is 10.7 Å². The maximum absolute atomic E-state index is 13.1. The van der Waals surface area contributed by atoms with Crippen LogP contribution in [0.3, 0.4) is 0 Å². The molecule has 1 N–H and O–H groups in total. The highest BCUT2D eigenvalue weighted by atomic mass is 32.1. The van der Waals surface area contributed by atoms with Gasteiger partial charge in [0.15, 0.2) is 6.61 Å². The quantitative estimate of drug-likeness (QED) is 0.494. The molecule has 2 fully saturated rings. The van der Waals surface area contributed by atoms with Crippen LogP contribution >= 0.6 is 11.3 Å². The number of urea groups is 1. The van der Waals surface area contributed by atoms with Crippen molar-refractivity contribution in [2.45, 2.75) is 65.0 Å². The molecule has 1 saturated carbocycles. The first-order valence-electron chi connectivity index (χ1n) is 10.9. The van der Waals surface area contributed by atoms with Gasteiger partial charge < -0.3 is 14.6 Å². The third-order valence-electron chi connectivity index (χ3n) is 6.95. The van der Waals surface area contributed by atoms with E-state index in [1.807, 2.05) is 17.5 Å². The number of thiophene rings is 1. The Morgan fingerprint density at radius 1 is 1.38 bits per heavy atom. The van der Waals surface area contributed by atoms with Gasteiger partial charge in [0.1, 0.15) is 12.1 Å². The lowest BCUT2D eigenvalue weighted by molar-refractivity contribution is -0.149. The summed E-state index contributed by atoms with van der Waals surface area (Å²) >= 11 is 1.47. The van der Waals surface area contributed by atoms with Crippen molar-refractivity contribution >= 4 is 29.2 Å². The van der Waals surface area contributed by atoms with E-state index in [0.717, 1.165) is 29.0 Å². The summed E-state index contributed by atoms with van der Waals surface area (Å²) in [5, 5.41) is 8.60. The Balaban J connectivity index is 1.31. The van der Waals surface area contributed by atoms with Gasteiger partial charge in [-0.2, -0.15) is 4.98 Å². The standard InChI is InChI=1S/C22H28N4O5S/c1-4-21(2,3)14-7-9-22(10-8-14)19(28)26(20(29)24-22)12-17(27)30-13-16-23-18(25-31-16)15-6-5-11-32-15/h5-6,11,14H,4,7-10,12-13H2,1-3H3,(H,24,29). The molecular weight excluding hydrogens is 432 g/mol. The molecule has 0 atom stereocenters. The summed E-state index contributed by atoms with van der Waals surface area (Å²) in [6, 6.07) is 3.19. The molecule has 1 spiro atoms. The molecule has 0 bridgehead atoms. The number of imide groups is 1. The topological polar surface area (TPSA) is 115 Å². The van der Waals surface area contributed by atoms with Crippen molar-refractivity contribution in [3.63, 3.8) is 0 Å². The largest absolute Gasteiger partial charge is 0.454 e. The zero-order valence-electron chi connectivity index (χ0n) is 18.6. The number of esters is 1. The van der Waals surface area contributed by atoms with E-state index in [2.05, 4.69) is 36.2 Å². The van der Waals surface area contributed by atoms with Crippen molar-refractivity contribution in [3.8, 4) is 10.7 Å². The Morgan fingerprint density at radius 2 is 2.12 bits per heavy atom. The zero-order valence-corrected chi connectivity index (χ0v) is 19.4. The second-order valence-electron chi connectivity index (χ2n) is 9.17. The minimum atomic E-state index is -0.903. The van der Waals surface area contributed by atoms with Crippen molar-refractivity contribution < 1.29 is 23.6 Å². The SMILES string of the molecule is CCC(C)(C)C1CCC2(CC1)NC(=O)N(CC(=O)OCc1nc(-c3cccs3)no1)C2=O. The molecule has 1 aliphatic carbocycles. The number of nitrogens with one attached hydrogen (secondary N) is 1. The summed E-state index contributed by atoms with van der Waals surface area (Å²) in [7, 11) is 0. The molecule has 172 valence electrons. The average Bonchev–Trinajstić information content (AvgIpc) is 3.51. The van der Waals surface area contributed by atoms with Gasteiger partial charge in [-0.1, -0.05) is 38.4 Å². The van der Waals surface area contributed by atoms with E-state index >= 15 is 0 Å². The highest BCUT2D eigenvalue weighted by Gasteiger charge is 2.53. The van der Waals surface area contributed by atoms with E-state index in [4.69, 9.17) is 9.26 Å². The summed E-state index contributed by atoms with van der Waals surface area (Å²) < 4.78 is 10.3. The van der Waals surface area contributed by atoms with Gasteiger partial charge in [-0.05, 0) is 48.5 Å². The molecular formula is C22H28N4O5S. The zero-order chi connectivity index (χ0) is 22.9. The predicted octanol–water partition coefficient (Wildman–Crippen LogP) is 3.76. The van der Waals surface area contributed by atoms with Gasteiger partial charge >= 0.3 is 12.0 Å². The molecule has 0 unspecified atom stereocenters. The highest BCUT2D eigenvalue weighted by Crippen LogP contribution is 2.45. The second kappa shape index (κ2) is 8.65. The van der Waals surface area contributed by atoms with Crippen molar-refractivity contribution in [2.24, 2.45) is 11.3 Å². The molecule has 10 heteroatoms. The van der Waals surface area contributed by atoms with Crippen molar-refractivity contribution in [2.75, 3.05) is 6.54 Å². The number of carbonyl (C=O) groups is 3. The van der Waals surface area contributed by atoms with E-state index < -0.39 is 24.1 Å². The minimum absolute atomic E-state index is 0.146. The minimum Gasteiger partial charge on any atom is -0.454 e. The fourth-order valence-electron chi connectivity index (χ4n) is 4.48. The number of amides is 3. The van der Waals surface area contributed by atoms with E-state index in [0.29, 0.717) is 24.6 Å². The number of rotatable bonds is 7. The Kier molecular flexibility index (Phi) is 6.07. The number of nitrogens with zero attached hydrogens (tertiary/aromatic N) is 3. The fourth-order valence-corrected chi connectivity index (χ4v) is 5.12. The molecule has 2 aromatic rings. The highest BCUT2D eigenvalue weighted by molar-refractivity contribution is 7.13. The molecule has 1 saturated heterocycles. The first-order chi connectivity index (χ1) is 15.2. The number of ether oxygens (including phenoxy) is 1. The first-order valence-corrected chi connectivity index (χ1v) is 11.8. The average molecular weight is 461 g/mol. The number of carbonyl (C=O) groups excluding carboxylic acids is 3. The number of hydrogen-bond acceptors (Lipinski definition) is 8. The molecule has 2 aromatic heterocycles. The van der Waals surface area contributed by atoms with Crippen LogP contribution in [-0.2, 0) is 20.9 Å². The van der Waals surface area contributed by atoms with E-state index in [9.17, 15) is 14.4 Å². The third-order valence-corrected chi connectivity index (χ3v) is 7.82. The lowest BCUT2D eigenvalue weighted by Crippen LogP contribution is -2.51.